The molecule has 0 heterocycles. The summed E-state index contributed by atoms with van der Waals surface area (Å²) in [5, 5.41) is 8.43. The largest absolute Gasteiger partial charge is 0.505 e. The molecule has 58 valence electrons. The SMILES string of the molecule is COC=CC(NI)C(=O)O. The molecule has 1 unspecified atom stereocenters. The van der Waals surface area contributed by atoms with Crippen molar-refractivity contribution in [3.63, 3.8) is 0 Å². The highest BCUT2D eigenvalue weighted by Crippen LogP contribution is 1.90. The third kappa shape index (κ3) is 3.67. The van der Waals surface area contributed by atoms with Crippen LogP contribution < -0.4 is 3.53 Å². The molecule has 0 radical (unpaired) electrons. The van der Waals surface area contributed by atoms with Crippen molar-refractivity contribution < 1.29 is 14.6 Å². The number of aliphatic carboxylic acids is 1. The van der Waals surface area contributed by atoms with Crippen LogP contribution in [0.25, 0.3) is 0 Å². The third-order valence-corrected chi connectivity index (χ3v) is 1.46. The van der Waals surface area contributed by atoms with Crippen LogP contribution in [0.15, 0.2) is 12.3 Å². The Balaban J connectivity index is 3.83. The number of halogens is 1. The van der Waals surface area contributed by atoms with Crippen molar-refractivity contribution in [2.45, 2.75) is 6.04 Å². The lowest BCUT2D eigenvalue weighted by Crippen LogP contribution is -2.27. The standard InChI is InChI=1S/C5H8INO3/c1-10-3-2-4(7-6)5(8)9/h2-4,7H,1H3,(H,8,9). The summed E-state index contributed by atoms with van der Waals surface area (Å²) in [5.41, 5.74) is 0. The lowest BCUT2D eigenvalue weighted by atomic mass is 10.3. The number of nitrogens with one attached hydrogen (secondary N) is 1. The number of rotatable bonds is 4. The van der Waals surface area contributed by atoms with Crippen molar-refractivity contribution in [2.24, 2.45) is 0 Å². The fraction of sp³-hybridized carbons (Fsp3) is 0.400. The van der Waals surface area contributed by atoms with E-state index in [1.165, 1.54) is 19.4 Å². The second-order valence-electron chi connectivity index (χ2n) is 1.49. The number of hydrogen-bond donors (Lipinski definition) is 2. The predicted octanol–water partition coefficient (Wildman–Crippen LogP) is 0.539. The van der Waals surface area contributed by atoms with Crippen LogP contribution in [0.4, 0.5) is 0 Å². The van der Waals surface area contributed by atoms with Gasteiger partial charge in [0.15, 0.2) is 0 Å². The highest BCUT2D eigenvalue weighted by Gasteiger charge is 2.10. The van der Waals surface area contributed by atoms with E-state index in [9.17, 15) is 4.79 Å². The van der Waals surface area contributed by atoms with Gasteiger partial charge in [-0.15, -0.1) is 0 Å². The van der Waals surface area contributed by atoms with Gasteiger partial charge in [0.05, 0.1) is 13.4 Å². The summed E-state index contributed by atoms with van der Waals surface area (Å²) in [5.74, 6) is -0.928. The van der Waals surface area contributed by atoms with Crippen molar-refractivity contribution >= 4 is 28.8 Å². The molecule has 5 heteroatoms. The summed E-state index contributed by atoms with van der Waals surface area (Å²) in [6.07, 6.45) is 2.74. The van der Waals surface area contributed by atoms with E-state index in [0.717, 1.165) is 0 Å². The van der Waals surface area contributed by atoms with E-state index in [4.69, 9.17) is 5.11 Å². The average Bonchev–Trinajstić information content (AvgIpc) is 1.89. The van der Waals surface area contributed by atoms with Gasteiger partial charge in [0.2, 0.25) is 0 Å². The number of carbonyl (C=O) groups is 1. The molecule has 2 N–H and O–H groups in total. The average molecular weight is 257 g/mol. The van der Waals surface area contributed by atoms with Gasteiger partial charge in [-0.25, -0.2) is 3.53 Å². The quantitative estimate of drug-likeness (QED) is 0.438. The minimum atomic E-state index is -0.928. The Bertz CT molecular complexity index is 137. The molecular formula is C5H8INO3. The first-order chi connectivity index (χ1) is 4.72. The molecule has 0 bridgehead atoms. The Kier molecular flexibility index (Phi) is 5.32. The molecule has 0 fully saturated rings. The predicted molar refractivity (Wildman–Crippen MR) is 44.7 cm³/mol. The molecule has 0 saturated heterocycles. The van der Waals surface area contributed by atoms with Crippen LogP contribution in [0.3, 0.4) is 0 Å². The highest BCUT2D eigenvalue weighted by molar-refractivity contribution is 14.1. The Labute approximate surface area is 72.7 Å². The van der Waals surface area contributed by atoms with Crippen molar-refractivity contribution in [3.8, 4) is 0 Å². The summed E-state index contributed by atoms with van der Waals surface area (Å²) >= 11 is 1.77. The summed E-state index contributed by atoms with van der Waals surface area (Å²) in [7, 11) is 1.46. The van der Waals surface area contributed by atoms with E-state index < -0.39 is 12.0 Å². The van der Waals surface area contributed by atoms with E-state index >= 15 is 0 Å². The minimum absolute atomic E-state index is 0.680. The summed E-state index contributed by atoms with van der Waals surface area (Å²) in [6.45, 7) is 0. The summed E-state index contributed by atoms with van der Waals surface area (Å²) < 4.78 is 7.08. The first-order valence-electron chi connectivity index (χ1n) is 2.50. The van der Waals surface area contributed by atoms with Gasteiger partial charge >= 0.3 is 5.97 Å². The van der Waals surface area contributed by atoms with Crippen LogP contribution in [-0.2, 0) is 9.53 Å². The zero-order chi connectivity index (χ0) is 7.98. The smallest absolute Gasteiger partial charge is 0.325 e. The lowest BCUT2D eigenvalue weighted by molar-refractivity contribution is -0.137. The van der Waals surface area contributed by atoms with Crippen molar-refractivity contribution in [2.75, 3.05) is 7.11 Å². The van der Waals surface area contributed by atoms with Gasteiger partial charge in [0, 0.05) is 22.9 Å². The number of hydrogen-bond acceptors (Lipinski definition) is 3. The van der Waals surface area contributed by atoms with Crippen LogP contribution in [-0.4, -0.2) is 24.2 Å². The molecule has 0 amide bonds. The maximum absolute atomic E-state index is 10.3. The maximum atomic E-state index is 10.3. The second-order valence-corrected chi connectivity index (χ2v) is 2.11. The summed E-state index contributed by atoms with van der Waals surface area (Å²) in [6, 6.07) is -0.680. The number of methoxy groups -OCH3 is 1. The third-order valence-electron chi connectivity index (χ3n) is 0.791. The molecule has 0 saturated carbocycles. The van der Waals surface area contributed by atoms with Gasteiger partial charge in [-0.1, -0.05) is 0 Å². The molecule has 0 aliphatic carbocycles. The first-order valence-corrected chi connectivity index (χ1v) is 3.58. The molecule has 0 aromatic carbocycles. The second kappa shape index (κ2) is 5.48. The van der Waals surface area contributed by atoms with Crippen LogP contribution in [0, 0.1) is 0 Å². The number of ether oxygens (including phenoxy) is 1. The van der Waals surface area contributed by atoms with Crippen LogP contribution >= 0.6 is 22.9 Å². The maximum Gasteiger partial charge on any atom is 0.325 e. The molecule has 4 nitrogen and oxygen atoms in total. The van der Waals surface area contributed by atoms with Gasteiger partial charge in [0.25, 0.3) is 0 Å². The number of carboxylic acid groups (broad SMARTS) is 1. The van der Waals surface area contributed by atoms with Gasteiger partial charge in [0.1, 0.15) is 6.04 Å². The normalized spacial score (nSPS) is 13.4. The van der Waals surface area contributed by atoms with E-state index in [1.54, 1.807) is 22.9 Å². The Morgan fingerprint density at radius 3 is 2.80 bits per heavy atom. The number of carboxylic acids is 1. The molecule has 1 atom stereocenters. The minimum Gasteiger partial charge on any atom is -0.505 e. The van der Waals surface area contributed by atoms with Crippen molar-refractivity contribution in [1.29, 1.82) is 0 Å². The van der Waals surface area contributed by atoms with E-state index in [-0.39, 0.29) is 0 Å². The lowest BCUT2D eigenvalue weighted by Gasteiger charge is -2.01. The molecule has 0 aliphatic rings. The zero-order valence-corrected chi connectivity index (χ0v) is 7.53. The van der Waals surface area contributed by atoms with Crippen LogP contribution in [0.2, 0.25) is 0 Å². The van der Waals surface area contributed by atoms with Gasteiger partial charge in [-0.2, -0.15) is 0 Å². The van der Waals surface area contributed by atoms with Gasteiger partial charge in [-0.05, 0) is 6.08 Å². The Morgan fingerprint density at radius 2 is 2.50 bits per heavy atom. The van der Waals surface area contributed by atoms with Crippen LogP contribution in [0.5, 0.6) is 0 Å². The first kappa shape index (κ1) is 9.70. The van der Waals surface area contributed by atoms with E-state index in [1.807, 2.05) is 0 Å². The molecule has 0 spiro atoms. The molecular weight excluding hydrogens is 249 g/mol. The van der Waals surface area contributed by atoms with Crippen LogP contribution in [0.1, 0.15) is 0 Å². The van der Waals surface area contributed by atoms with E-state index in [0.29, 0.717) is 0 Å². The molecule has 0 aliphatic heterocycles. The summed E-state index contributed by atoms with van der Waals surface area (Å²) in [4.78, 5) is 10.3. The molecule has 0 aromatic rings. The topological polar surface area (TPSA) is 58.6 Å². The fourth-order valence-electron chi connectivity index (χ4n) is 0.322. The Morgan fingerprint density at radius 1 is 1.90 bits per heavy atom. The monoisotopic (exact) mass is 257 g/mol. The van der Waals surface area contributed by atoms with Gasteiger partial charge in [-0.3, -0.25) is 4.79 Å². The van der Waals surface area contributed by atoms with Crippen molar-refractivity contribution in [3.05, 3.63) is 12.3 Å². The highest BCUT2D eigenvalue weighted by atomic mass is 127. The molecule has 0 aromatic heterocycles. The zero-order valence-electron chi connectivity index (χ0n) is 5.37. The molecule has 0 rings (SSSR count). The molecule has 10 heavy (non-hydrogen) atoms. The van der Waals surface area contributed by atoms with Crippen molar-refractivity contribution in [1.82, 2.24) is 3.53 Å². The van der Waals surface area contributed by atoms with E-state index in [2.05, 4.69) is 8.27 Å². The van der Waals surface area contributed by atoms with Gasteiger partial charge < -0.3 is 9.84 Å². The fourth-order valence-corrected chi connectivity index (χ4v) is 0.796. The Hall–Kier alpha value is -0.300.